The maximum Gasteiger partial charge on any atom is 0.318 e. The number of rotatable bonds is 7. The first kappa shape index (κ1) is 27.9. The van der Waals surface area contributed by atoms with Crippen LogP contribution >= 0.6 is 0 Å². The van der Waals surface area contributed by atoms with Crippen molar-refractivity contribution < 1.29 is 9.53 Å². The molecule has 1 aliphatic carbocycles. The van der Waals surface area contributed by atoms with E-state index in [-0.39, 0.29) is 5.91 Å². The van der Waals surface area contributed by atoms with Crippen LogP contribution in [0.1, 0.15) is 53.6 Å². The lowest BCUT2D eigenvalue weighted by molar-refractivity contribution is -0.126. The minimum absolute atomic E-state index is 0.0122. The normalized spacial score (nSPS) is 18.1. The van der Waals surface area contributed by atoms with Crippen LogP contribution in [-0.2, 0) is 17.8 Å². The highest BCUT2D eigenvalue weighted by Crippen LogP contribution is 2.35. The summed E-state index contributed by atoms with van der Waals surface area (Å²) in [6.45, 7) is 12.9. The summed E-state index contributed by atoms with van der Waals surface area (Å²) in [5.74, 6) is 1.46. The van der Waals surface area contributed by atoms with E-state index in [1.54, 1.807) is 0 Å². The molecule has 0 spiro atoms. The highest BCUT2D eigenvalue weighted by molar-refractivity contribution is 5.91. The fraction of sp³-hybridized carbons (Fsp3) is 0.500. The number of benzene rings is 1. The number of fused-ring (bicyclic) bond motifs is 1. The van der Waals surface area contributed by atoms with Crippen molar-refractivity contribution in [3.63, 3.8) is 0 Å². The predicted molar refractivity (Wildman–Crippen MR) is 162 cm³/mol. The second-order valence-electron chi connectivity index (χ2n) is 11.1. The molecule has 0 atom stereocenters. The number of hydrogen-bond acceptors (Lipinski definition) is 7. The van der Waals surface area contributed by atoms with Gasteiger partial charge in [0.05, 0.1) is 18.8 Å². The molecule has 0 N–H and O–H groups in total. The first-order valence-electron chi connectivity index (χ1n) is 14.6. The summed E-state index contributed by atoms with van der Waals surface area (Å²) < 4.78 is 6.33. The van der Waals surface area contributed by atoms with Crippen LogP contribution in [0.3, 0.4) is 0 Å². The zero-order chi connectivity index (χ0) is 28.1. The molecule has 0 radical (unpaired) electrons. The van der Waals surface area contributed by atoms with Gasteiger partial charge in [-0.15, -0.1) is 0 Å². The van der Waals surface area contributed by atoms with E-state index in [1.165, 1.54) is 34.0 Å². The summed E-state index contributed by atoms with van der Waals surface area (Å²) in [4.78, 5) is 33.1. The molecule has 8 heteroatoms. The number of allylic oxidation sites excluding steroid dienone is 2. The maximum atomic E-state index is 12.2. The SMILES string of the molecule is C=CC(=O)N1CCN(c2nc(OCC3CCC=CCC3)nc3c2CCN(c2c(C)ccc(C)c2C=NC)C3)CC1. The average molecular weight is 543 g/mol. The lowest BCUT2D eigenvalue weighted by atomic mass is 9.98. The molecule has 0 bridgehead atoms. The van der Waals surface area contributed by atoms with Crippen molar-refractivity contribution in [1.29, 1.82) is 0 Å². The average Bonchev–Trinajstić information content (AvgIpc) is 3.26. The molecule has 40 heavy (non-hydrogen) atoms. The molecule has 1 aromatic heterocycles. The monoisotopic (exact) mass is 542 g/mol. The zero-order valence-corrected chi connectivity index (χ0v) is 24.2. The van der Waals surface area contributed by atoms with E-state index in [1.807, 2.05) is 18.2 Å². The molecular weight excluding hydrogens is 500 g/mol. The van der Waals surface area contributed by atoms with Gasteiger partial charge in [-0.3, -0.25) is 9.79 Å². The first-order valence-corrected chi connectivity index (χ1v) is 14.6. The van der Waals surface area contributed by atoms with Crippen molar-refractivity contribution >= 4 is 23.6 Å². The molecule has 1 amide bonds. The third-order valence-corrected chi connectivity index (χ3v) is 8.40. The molecule has 0 unspecified atom stereocenters. The fourth-order valence-electron chi connectivity index (χ4n) is 6.11. The van der Waals surface area contributed by atoms with E-state index in [0.717, 1.165) is 63.3 Å². The van der Waals surface area contributed by atoms with E-state index < -0.39 is 0 Å². The molecule has 0 saturated carbocycles. The Kier molecular flexibility index (Phi) is 8.82. The number of aromatic nitrogens is 2. The van der Waals surface area contributed by atoms with Crippen LogP contribution in [0.5, 0.6) is 6.01 Å². The van der Waals surface area contributed by atoms with Gasteiger partial charge >= 0.3 is 6.01 Å². The van der Waals surface area contributed by atoms with Crippen molar-refractivity contribution in [3.05, 3.63) is 64.9 Å². The molecule has 3 heterocycles. The van der Waals surface area contributed by atoms with Crippen molar-refractivity contribution in [1.82, 2.24) is 14.9 Å². The van der Waals surface area contributed by atoms with E-state index >= 15 is 0 Å². The molecule has 212 valence electrons. The topological polar surface area (TPSA) is 74.2 Å². The highest BCUT2D eigenvalue weighted by atomic mass is 16.5. The van der Waals surface area contributed by atoms with Gasteiger partial charge in [-0.05, 0) is 69.1 Å². The summed E-state index contributed by atoms with van der Waals surface area (Å²) in [6, 6.07) is 4.83. The highest BCUT2D eigenvalue weighted by Gasteiger charge is 2.30. The summed E-state index contributed by atoms with van der Waals surface area (Å²) in [7, 11) is 1.83. The van der Waals surface area contributed by atoms with Gasteiger partial charge in [0.25, 0.3) is 0 Å². The first-order chi connectivity index (χ1) is 19.5. The van der Waals surface area contributed by atoms with Gasteiger partial charge in [-0.25, -0.2) is 0 Å². The number of aryl methyl sites for hydroxylation is 2. The molecule has 1 fully saturated rings. The van der Waals surface area contributed by atoms with Crippen molar-refractivity contribution in [3.8, 4) is 6.01 Å². The minimum atomic E-state index is -0.0122. The summed E-state index contributed by atoms with van der Waals surface area (Å²) in [6.07, 6.45) is 13.3. The van der Waals surface area contributed by atoms with Crippen LogP contribution < -0.4 is 14.5 Å². The van der Waals surface area contributed by atoms with Crippen molar-refractivity contribution in [2.24, 2.45) is 10.9 Å². The Labute approximate surface area is 238 Å². The minimum Gasteiger partial charge on any atom is -0.463 e. The Morgan fingerprint density at radius 3 is 2.48 bits per heavy atom. The third kappa shape index (κ3) is 6.06. The standard InChI is InChI=1S/C32H42N6O2/c1-5-29(39)36-16-18-37(19-17-36)31-26-14-15-38(30-24(3)13-12-23(2)27(30)20-33-4)21-28(26)34-32(35-31)40-22-25-10-8-6-7-9-11-25/h5-7,12-13,20,25H,1,8-11,14-19,21-22H2,2-4H3. The van der Waals surface area contributed by atoms with Crippen LogP contribution in [0.4, 0.5) is 11.5 Å². The summed E-state index contributed by atoms with van der Waals surface area (Å²) >= 11 is 0. The van der Waals surface area contributed by atoms with E-state index in [2.05, 4.69) is 59.5 Å². The maximum absolute atomic E-state index is 12.2. The Hall–Kier alpha value is -3.68. The number of carbonyl (C=O) groups is 1. The summed E-state index contributed by atoms with van der Waals surface area (Å²) in [5, 5.41) is 0. The number of amides is 1. The van der Waals surface area contributed by atoms with Gasteiger partial charge in [-0.1, -0.05) is 30.9 Å². The molecule has 1 aromatic carbocycles. The second-order valence-corrected chi connectivity index (χ2v) is 11.1. The van der Waals surface area contributed by atoms with Gasteiger partial charge in [0.15, 0.2) is 0 Å². The van der Waals surface area contributed by atoms with E-state index in [4.69, 9.17) is 14.7 Å². The molecule has 2 aliphatic heterocycles. The quantitative estimate of drug-likeness (QED) is 0.288. The smallest absolute Gasteiger partial charge is 0.318 e. The molecule has 3 aliphatic rings. The van der Waals surface area contributed by atoms with Crippen LogP contribution in [0.2, 0.25) is 0 Å². The number of carbonyl (C=O) groups excluding carboxylic acids is 1. The Balaban J connectivity index is 1.44. The lowest BCUT2D eigenvalue weighted by Crippen LogP contribution is -2.49. The predicted octanol–water partition coefficient (Wildman–Crippen LogP) is 4.66. The van der Waals surface area contributed by atoms with Crippen molar-refractivity contribution in [2.45, 2.75) is 52.5 Å². The summed E-state index contributed by atoms with van der Waals surface area (Å²) in [5.41, 5.74) is 7.07. The van der Waals surface area contributed by atoms with Gasteiger partial charge in [0, 0.05) is 62.8 Å². The molecule has 5 rings (SSSR count). The number of ether oxygens (including phenoxy) is 1. The zero-order valence-electron chi connectivity index (χ0n) is 24.2. The molecule has 2 aromatic rings. The Morgan fingerprint density at radius 1 is 1.05 bits per heavy atom. The van der Waals surface area contributed by atoms with E-state index in [9.17, 15) is 4.79 Å². The van der Waals surface area contributed by atoms with Gasteiger partial charge in [-0.2, -0.15) is 9.97 Å². The number of anilines is 2. The van der Waals surface area contributed by atoms with E-state index in [0.29, 0.717) is 38.2 Å². The Morgan fingerprint density at radius 2 is 1.77 bits per heavy atom. The van der Waals surface area contributed by atoms with Crippen LogP contribution in [0, 0.1) is 19.8 Å². The fourth-order valence-corrected chi connectivity index (χ4v) is 6.11. The second kappa shape index (κ2) is 12.7. The molecular formula is C32H42N6O2. The third-order valence-electron chi connectivity index (χ3n) is 8.40. The van der Waals surface area contributed by atoms with Crippen LogP contribution in [0.15, 0.2) is 41.9 Å². The van der Waals surface area contributed by atoms with Crippen LogP contribution in [-0.4, -0.2) is 73.4 Å². The number of nitrogens with zero attached hydrogens (tertiary/aromatic N) is 6. The lowest BCUT2D eigenvalue weighted by Gasteiger charge is -2.38. The van der Waals surface area contributed by atoms with Crippen molar-refractivity contribution in [2.75, 3.05) is 56.2 Å². The largest absolute Gasteiger partial charge is 0.463 e. The molecule has 8 nitrogen and oxygen atoms in total. The molecule has 1 saturated heterocycles. The number of piperazine rings is 1. The van der Waals surface area contributed by atoms with Gasteiger partial charge in [0.1, 0.15) is 5.82 Å². The number of hydrogen-bond donors (Lipinski definition) is 0. The van der Waals surface area contributed by atoms with Gasteiger partial charge in [0.2, 0.25) is 5.91 Å². The number of aliphatic imine (C=N–C) groups is 1. The van der Waals surface area contributed by atoms with Gasteiger partial charge < -0.3 is 19.4 Å². The Bertz CT molecular complexity index is 1280. The van der Waals surface area contributed by atoms with Crippen LogP contribution in [0.25, 0.3) is 0 Å².